The molecule has 0 spiro atoms. The van der Waals surface area contributed by atoms with Gasteiger partial charge in [-0.1, -0.05) is 6.92 Å². The van der Waals surface area contributed by atoms with Gasteiger partial charge in [-0.15, -0.1) is 0 Å². The third-order valence-corrected chi connectivity index (χ3v) is 3.15. The van der Waals surface area contributed by atoms with E-state index in [0.717, 1.165) is 6.54 Å². The number of carbonyl (C=O) groups is 2. The lowest BCUT2D eigenvalue weighted by Crippen LogP contribution is -2.30. The van der Waals surface area contributed by atoms with Gasteiger partial charge in [0.1, 0.15) is 5.75 Å². The molecular weight excluding hydrogens is 242 g/mol. The number of ether oxygens (including phenoxy) is 1. The first-order chi connectivity index (χ1) is 9.19. The fourth-order valence-corrected chi connectivity index (χ4v) is 1.72. The Morgan fingerprint density at radius 3 is 2.53 bits per heavy atom. The number of ketones is 1. The number of hydrogen-bond acceptors (Lipinski definition) is 3. The number of rotatable bonds is 7. The maximum atomic E-state index is 11.5. The zero-order chi connectivity index (χ0) is 13.7. The van der Waals surface area contributed by atoms with Crippen molar-refractivity contribution in [3.05, 3.63) is 29.8 Å². The number of amides is 1. The van der Waals surface area contributed by atoms with Gasteiger partial charge in [0.2, 0.25) is 0 Å². The van der Waals surface area contributed by atoms with Crippen molar-refractivity contribution < 1.29 is 14.3 Å². The van der Waals surface area contributed by atoms with Crippen molar-refractivity contribution in [1.29, 1.82) is 0 Å². The third-order valence-electron chi connectivity index (χ3n) is 3.15. The van der Waals surface area contributed by atoms with Gasteiger partial charge in [-0.05, 0) is 43.0 Å². The molecule has 1 amide bonds. The molecule has 0 saturated heterocycles. The van der Waals surface area contributed by atoms with Crippen molar-refractivity contribution in [3.8, 4) is 5.75 Å². The molecule has 2 rings (SSSR count). The van der Waals surface area contributed by atoms with Gasteiger partial charge in [0, 0.05) is 18.5 Å². The van der Waals surface area contributed by atoms with E-state index in [9.17, 15) is 9.59 Å². The summed E-state index contributed by atoms with van der Waals surface area (Å²) < 4.78 is 5.37. The highest BCUT2D eigenvalue weighted by atomic mass is 16.5. The zero-order valence-corrected chi connectivity index (χ0v) is 11.1. The summed E-state index contributed by atoms with van der Waals surface area (Å²) in [4.78, 5) is 22.9. The Kier molecular flexibility index (Phi) is 4.55. The van der Waals surface area contributed by atoms with E-state index in [1.165, 1.54) is 12.8 Å². The number of Topliss-reactive ketones (excluding diaryl/α,β-unsaturated/α-hetero) is 1. The van der Waals surface area contributed by atoms with Gasteiger partial charge < -0.3 is 10.1 Å². The third kappa shape index (κ3) is 4.39. The van der Waals surface area contributed by atoms with Crippen molar-refractivity contribution in [3.63, 3.8) is 0 Å². The minimum absolute atomic E-state index is 0.0216. The van der Waals surface area contributed by atoms with Crippen LogP contribution in [0.2, 0.25) is 0 Å². The predicted molar refractivity (Wildman–Crippen MR) is 72.3 cm³/mol. The number of hydrogen-bond donors (Lipinski definition) is 1. The molecule has 0 heterocycles. The van der Waals surface area contributed by atoms with Crippen LogP contribution in [-0.4, -0.2) is 24.8 Å². The summed E-state index contributed by atoms with van der Waals surface area (Å²) in [5.74, 6) is 1.28. The average Bonchev–Trinajstić information content (AvgIpc) is 3.26. The number of nitrogens with one attached hydrogen (secondary N) is 1. The largest absolute Gasteiger partial charge is 0.484 e. The minimum Gasteiger partial charge on any atom is -0.484 e. The monoisotopic (exact) mass is 261 g/mol. The van der Waals surface area contributed by atoms with Gasteiger partial charge >= 0.3 is 0 Å². The zero-order valence-electron chi connectivity index (χ0n) is 11.1. The molecule has 0 aliphatic heterocycles. The van der Waals surface area contributed by atoms with E-state index in [4.69, 9.17) is 4.74 Å². The second kappa shape index (κ2) is 6.36. The highest BCUT2D eigenvalue weighted by molar-refractivity contribution is 5.95. The molecule has 1 N–H and O–H groups in total. The molecule has 102 valence electrons. The molecule has 4 nitrogen and oxygen atoms in total. The molecular formula is C15H19NO3. The summed E-state index contributed by atoms with van der Waals surface area (Å²) in [5.41, 5.74) is 0.674. The van der Waals surface area contributed by atoms with E-state index in [1.807, 2.05) is 6.92 Å². The van der Waals surface area contributed by atoms with Crippen LogP contribution < -0.4 is 10.1 Å². The Morgan fingerprint density at radius 2 is 1.95 bits per heavy atom. The topological polar surface area (TPSA) is 55.4 Å². The van der Waals surface area contributed by atoms with E-state index in [0.29, 0.717) is 23.7 Å². The first-order valence-corrected chi connectivity index (χ1v) is 6.71. The molecule has 0 unspecified atom stereocenters. The predicted octanol–water partition coefficient (Wildman–Crippen LogP) is 2.18. The molecule has 0 radical (unpaired) electrons. The van der Waals surface area contributed by atoms with Gasteiger partial charge in [-0.3, -0.25) is 9.59 Å². The SMILES string of the molecule is CCC(=O)c1ccc(OCC(=O)NCC2CC2)cc1. The molecule has 1 aliphatic carbocycles. The molecule has 4 heteroatoms. The van der Waals surface area contributed by atoms with Gasteiger partial charge in [-0.25, -0.2) is 0 Å². The Morgan fingerprint density at radius 1 is 1.26 bits per heavy atom. The van der Waals surface area contributed by atoms with Crippen LogP contribution in [0.15, 0.2) is 24.3 Å². The van der Waals surface area contributed by atoms with Crippen molar-refractivity contribution in [2.75, 3.05) is 13.2 Å². The maximum Gasteiger partial charge on any atom is 0.257 e. The number of benzene rings is 1. The summed E-state index contributed by atoms with van der Waals surface area (Å²) in [6, 6.07) is 6.89. The molecule has 1 aromatic rings. The van der Waals surface area contributed by atoms with Crippen molar-refractivity contribution in [2.24, 2.45) is 5.92 Å². The van der Waals surface area contributed by atoms with Crippen LogP contribution in [0.4, 0.5) is 0 Å². The van der Waals surface area contributed by atoms with Crippen LogP contribution in [0.25, 0.3) is 0 Å². The Bertz CT molecular complexity index is 449. The lowest BCUT2D eigenvalue weighted by Gasteiger charge is -2.07. The van der Waals surface area contributed by atoms with Gasteiger partial charge in [-0.2, -0.15) is 0 Å². The number of carbonyl (C=O) groups excluding carboxylic acids is 2. The molecule has 1 saturated carbocycles. The molecule has 1 fully saturated rings. The summed E-state index contributed by atoms with van der Waals surface area (Å²) in [6.07, 6.45) is 2.92. The van der Waals surface area contributed by atoms with Crippen LogP contribution in [0, 0.1) is 5.92 Å². The molecule has 1 aliphatic rings. The van der Waals surface area contributed by atoms with Crippen molar-refractivity contribution in [2.45, 2.75) is 26.2 Å². The van der Waals surface area contributed by atoms with Crippen molar-refractivity contribution in [1.82, 2.24) is 5.32 Å². The summed E-state index contributed by atoms with van der Waals surface area (Å²) in [7, 11) is 0. The lowest BCUT2D eigenvalue weighted by molar-refractivity contribution is -0.123. The van der Waals surface area contributed by atoms with Crippen LogP contribution in [0.3, 0.4) is 0 Å². The molecule has 0 bridgehead atoms. The first-order valence-electron chi connectivity index (χ1n) is 6.71. The summed E-state index contributed by atoms with van der Waals surface area (Å²) in [5, 5.41) is 2.84. The summed E-state index contributed by atoms with van der Waals surface area (Å²) >= 11 is 0. The standard InChI is InChI=1S/C15H19NO3/c1-2-14(17)12-5-7-13(8-6-12)19-10-15(18)16-9-11-3-4-11/h5-8,11H,2-4,9-10H2,1H3,(H,16,18). The van der Waals surface area contributed by atoms with Gasteiger partial charge in [0.05, 0.1) is 0 Å². The van der Waals surface area contributed by atoms with E-state index < -0.39 is 0 Å². The quantitative estimate of drug-likeness (QED) is 0.765. The molecule has 0 aromatic heterocycles. The summed E-state index contributed by atoms with van der Waals surface area (Å²) in [6.45, 7) is 2.61. The Hall–Kier alpha value is -1.84. The Balaban J connectivity index is 1.75. The molecule has 19 heavy (non-hydrogen) atoms. The van der Waals surface area contributed by atoms with E-state index in [-0.39, 0.29) is 18.3 Å². The van der Waals surface area contributed by atoms with E-state index >= 15 is 0 Å². The fourth-order valence-electron chi connectivity index (χ4n) is 1.72. The van der Waals surface area contributed by atoms with Crippen molar-refractivity contribution >= 4 is 11.7 Å². The lowest BCUT2D eigenvalue weighted by atomic mass is 10.1. The molecule has 0 atom stereocenters. The van der Waals surface area contributed by atoms with Crippen LogP contribution >= 0.6 is 0 Å². The highest BCUT2D eigenvalue weighted by Gasteiger charge is 2.21. The smallest absolute Gasteiger partial charge is 0.257 e. The van der Waals surface area contributed by atoms with Gasteiger partial charge in [0.15, 0.2) is 12.4 Å². The van der Waals surface area contributed by atoms with E-state index in [2.05, 4.69) is 5.32 Å². The molecule has 1 aromatic carbocycles. The van der Waals surface area contributed by atoms with Crippen LogP contribution in [0.5, 0.6) is 5.75 Å². The first kappa shape index (κ1) is 13.6. The normalized spacial score (nSPS) is 13.9. The van der Waals surface area contributed by atoms with Crippen LogP contribution in [0.1, 0.15) is 36.5 Å². The minimum atomic E-state index is -0.0967. The Labute approximate surface area is 113 Å². The highest BCUT2D eigenvalue weighted by Crippen LogP contribution is 2.27. The second-order valence-corrected chi connectivity index (χ2v) is 4.84. The van der Waals surface area contributed by atoms with Crippen LogP contribution in [-0.2, 0) is 4.79 Å². The average molecular weight is 261 g/mol. The maximum absolute atomic E-state index is 11.5. The fraction of sp³-hybridized carbons (Fsp3) is 0.467. The van der Waals surface area contributed by atoms with Gasteiger partial charge in [0.25, 0.3) is 5.91 Å². The second-order valence-electron chi connectivity index (χ2n) is 4.84. The van der Waals surface area contributed by atoms with E-state index in [1.54, 1.807) is 24.3 Å².